The summed E-state index contributed by atoms with van der Waals surface area (Å²) in [6.45, 7) is -0.0910. The molecule has 8 nitrogen and oxygen atoms in total. The largest absolute Gasteiger partial charge is 0.391 e. The lowest BCUT2D eigenvalue weighted by molar-refractivity contribution is -0.184. The highest BCUT2D eigenvalue weighted by Gasteiger charge is 2.42. The Balaban J connectivity index is 4.80. The van der Waals surface area contributed by atoms with Crippen molar-refractivity contribution in [2.45, 2.75) is 31.0 Å². The Morgan fingerprint density at radius 3 is 2.25 bits per heavy atom. The van der Waals surface area contributed by atoms with Gasteiger partial charge in [0.15, 0.2) is 12.0 Å². The van der Waals surface area contributed by atoms with E-state index in [1.807, 2.05) is 0 Å². The predicted octanol–water partition coefficient (Wildman–Crippen LogP) is -3.91. The molecule has 0 radical (unpaired) electrons. The average molecular weight is 237 g/mol. The molecule has 0 aromatic rings. The number of rotatable bonds is 6. The van der Waals surface area contributed by atoms with Crippen LogP contribution in [0.4, 0.5) is 0 Å². The summed E-state index contributed by atoms with van der Waals surface area (Å²) >= 11 is 0. The highest BCUT2D eigenvalue weighted by molar-refractivity contribution is 5.73. The zero-order valence-electron chi connectivity index (χ0n) is 8.57. The van der Waals surface area contributed by atoms with Crippen molar-refractivity contribution in [3.05, 3.63) is 0 Å². The third-order valence-corrected chi connectivity index (χ3v) is 1.94. The zero-order chi connectivity index (χ0) is 12.9. The molecule has 0 heterocycles. The lowest BCUT2D eigenvalue weighted by Gasteiger charge is -2.34. The van der Waals surface area contributed by atoms with Gasteiger partial charge >= 0.3 is 0 Å². The maximum absolute atomic E-state index is 10.7. The van der Waals surface area contributed by atoms with E-state index in [0.29, 0.717) is 0 Å². The van der Waals surface area contributed by atoms with Gasteiger partial charge < -0.3 is 35.6 Å². The number of nitrogens with one attached hydrogen (secondary N) is 1. The number of aliphatic hydroxyl groups is 5. The van der Waals surface area contributed by atoms with Gasteiger partial charge in [-0.25, -0.2) is 0 Å². The van der Waals surface area contributed by atoms with E-state index in [-0.39, 0.29) is 6.29 Å². The average Bonchev–Trinajstić information content (AvgIpc) is 2.24. The molecular formula is C8H15NO7. The van der Waals surface area contributed by atoms with Crippen LogP contribution in [0.2, 0.25) is 0 Å². The monoisotopic (exact) mass is 237 g/mol. The van der Waals surface area contributed by atoms with E-state index >= 15 is 0 Å². The molecule has 0 bridgehead atoms. The minimum Gasteiger partial charge on any atom is -0.391 e. The van der Waals surface area contributed by atoms with Crippen LogP contribution in [0.1, 0.15) is 6.92 Å². The summed E-state index contributed by atoms with van der Waals surface area (Å²) in [7, 11) is 0. The first kappa shape index (κ1) is 14.9. The molecule has 16 heavy (non-hydrogen) atoms. The van der Waals surface area contributed by atoms with Crippen LogP contribution in [-0.4, -0.2) is 68.4 Å². The van der Waals surface area contributed by atoms with E-state index < -0.39 is 36.6 Å². The summed E-state index contributed by atoms with van der Waals surface area (Å²) in [6.07, 6.45) is -6.16. The van der Waals surface area contributed by atoms with Crippen LogP contribution < -0.4 is 5.32 Å². The molecule has 0 aliphatic rings. The lowest BCUT2D eigenvalue weighted by atomic mass is 9.98. The van der Waals surface area contributed by atoms with Gasteiger partial charge in [0.05, 0.1) is 6.61 Å². The normalized spacial score (nSPS) is 20.4. The summed E-state index contributed by atoms with van der Waals surface area (Å²) in [6, 6.07) is 0. The number of aliphatic hydroxyl groups excluding tert-OH is 4. The van der Waals surface area contributed by atoms with Gasteiger partial charge in [0.2, 0.25) is 5.91 Å². The van der Waals surface area contributed by atoms with Crippen LogP contribution in [0.5, 0.6) is 0 Å². The Kier molecular flexibility index (Phi) is 5.48. The Hall–Kier alpha value is -1.06. The smallest absolute Gasteiger partial charge is 0.219 e. The van der Waals surface area contributed by atoms with E-state index in [9.17, 15) is 24.9 Å². The molecule has 0 rings (SSSR count). The molecule has 4 atom stereocenters. The summed E-state index contributed by atoms with van der Waals surface area (Å²) in [5.74, 6) is -0.775. The van der Waals surface area contributed by atoms with Crippen molar-refractivity contribution in [3.8, 4) is 0 Å². The quantitative estimate of drug-likeness (QED) is 0.204. The number of carbonyl (C=O) groups excluding carboxylic acids is 2. The standard InChI is InChI=1S/C8H15NO7/c1-4(12)9-8(16,3-11)7(15)6(14)5(13)2-10/h2,5-7,11,13-16H,3H2,1H3,(H,9,12)/t5-,6+,7-,8+/m0/s1. The molecule has 6 N–H and O–H groups in total. The lowest BCUT2D eigenvalue weighted by Crippen LogP contribution is -2.64. The van der Waals surface area contributed by atoms with E-state index in [0.717, 1.165) is 6.92 Å². The number of carbonyl (C=O) groups is 2. The number of hydrogen-bond donors (Lipinski definition) is 6. The SMILES string of the molecule is CC(=O)N[C@@](O)(CO)[C@@H](O)[C@H](O)[C@@H](O)C=O. The summed E-state index contributed by atoms with van der Waals surface area (Å²) in [4.78, 5) is 20.8. The fourth-order valence-corrected chi connectivity index (χ4v) is 1.06. The highest BCUT2D eigenvalue weighted by atomic mass is 16.4. The molecule has 0 aromatic carbocycles. The van der Waals surface area contributed by atoms with Crippen molar-refractivity contribution in [2.24, 2.45) is 0 Å². The Morgan fingerprint density at radius 2 is 1.94 bits per heavy atom. The molecule has 0 fully saturated rings. The minimum absolute atomic E-state index is 0.0561. The van der Waals surface area contributed by atoms with Gasteiger partial charge in [0.1, 0.15) is 18.3 Å². The Morgan fingerprint density at radius 1 is 1.44 bits per heavy atom. The van der Waals surface area contributed by atoms with Crippen LogP contribution in [-0.2, 0) is 9.59 Å². The first-order chi connectivity index (χ1) is 7.28. The van der Waals surface area contributed by atoms with Gasteiger partial charge in [-0.3, -0.25) is 4.79 Å². The van der Waals surface area contributed by atoms with Crippen molar-refractivity contribution in [1.29, 1.82) is 0 Å². The van der Waals surface area contributed by atoms with E-state index in [1.165, 1.54) is 0 Å². The van der Waals surface area contributed by atoms with Crippen molar-refractivity contribution in [1.82, 2.24) is 5.32 Å². The van der Waals surface area contributed by atoms with Gasteiger partial charge in [-0.1, -0.05) is 0 Å². The van der Waals surface area contributed by atoms with Crippen LogP contribution in [0, 0.1) is 0 Å². The highest BCUT2D eigenvalue weighted by Crippen LogP contribution is 2.12. The van der Waals surface area contributed by atoms with E-state index in [2.05, 4.69) is 0 Å². The maximum Gasteiger partial charge on any atom is 0.219 e. The second-order valence-corrected chi connectivity index (χ2v) is 3.33. The molecule has 0 aliphatic heterocycles. The summed E-state index contributed by atoms with van der Waals surface area (Å²) < 4.78 is 0. The maximum atomic E-state index is 10.7. The molecule has 0 saturated heterocycles. The molecule has 0 saturated carbocycles. The zero-order valence-corrected chi connectivity index (χ0v) is 8.57. The Bertz CT molecular complexity index is 259. The third kappa shape index (κ3) is 3.51. The van der Waals surface area contributed by atoms with Crippen LogP contribution in [0.15, 0.2) is 0 Å². The van der Waals surface area contributed by atoms with Gasteiger partial charge in [0, 0.05) is 6.92 Å². The first-order valence-electron chi connectivity index (χ1n) is 4.40. The number of amides is 1. The molecule has 94 valence electrons. The van der Waals surface area contributed by atoms with Gasteiger partial charge in [-0.05, 0) is 0 Å². The minimum atomic E-state index is -2.53. The number of aldehydes is 1. The fourth-order valence-electron chi connectivity index (χ4n) is 1.06. The predicted molar refractivity (Wildman–Crippen MR) is 49.9 cm³/mol. The second kappa shape index (κ2) is 5.87. The van der Waals surface area contributed by atoms with Crippen molar-refractivity contribution >= 4 is 12.2 Å². The summed E-state index contributed by atoms with van der Waals surface area (Å²) in [5.41, 5.74) is -2.53. The van der Waals surface area contributed by atoms with Crippen molar-refractivity contribution < 1.29 is 35.1 Å². The molecule has 0 unspecified atom stereocenters. The van der Waals surface area contributed by atoms with Crippen molar-refractivity contribution in [2.75, 3.05) is 6.61 Å². The number of hydrogen-bond acceptors (Lipinski definition) is 7. The molecule has 0 aromatic heterocycles. The Labute approximate surface area is 91.1 Å². The summed E-state index contributed by atoms with van der Waals surface area (Å²) in [5, 5.41) is 47.7. The van der Waals surface area contributed by atoms with Gasteiger partial charge in [-0.2, -0.15) is 0 Å². The second-order valence-electron chi connectivity index (χ2n) is 3.33. The molecule has 0 spiro atoms. The molecule has 1 amide bonds. The van der Waals surface area contributed by atoms with E-state index in [4.69, 9.17) is 10.2 Å². The van der Waals surface area contributed by atoms with E-state index in [1.54, 1.807) is 5.32 Å². The molecule has 0 aliphatic carbocycles. The fraction of sp³-hybridized carbons (Fsp3) is 0.750. The van der Waals surface area contributed by atoms with Crippen LogP contribution in [0.25, 0.3) is 0 Å². The van der Waals surface area contributed by atoms with Gasteiger partial charge in [-0.15, -0.1) is 0 Å². The first-order valence-corrected chi connectivity index (χ1v) is 4.40. The van der Waals surface area contributed by atoms with Crippen LogP contribution >= 0.6 is 0 Å². The third-order valence-electron chi connectivity index (χ3n) is 1.94. The van der Waals surface area contributed by atoms with Gasteiger partial charge in [0.25, 0.3) is 0 Å². The topological polar surface area (TPSA) is 147 Å². The molecule has 8 heteroatoms. The van der Waals surface area contributed by atoms with Crippen LogP contribution in [0.3, 0.4) is 0 Å². The molecular weight excluding hydrogens is 222 g/mol. The van der Waals surface area contributed by atoms with Crippen molar-refractivity contribution in [3.63, 3.8) is 0 Å².